The molecule has 1 atom stereocenters. The van der Waals surface area contributed by atoms with E-state index < -0.39 is 0 Å². The van der Waals surface area contributed by atoms with Crippen molar-refractivity contribution >= 4 is 0 Å². The van der Waals surface area contributed by atoms with E-state index in [9.17, 15) is 0 Å². The van der Waals surface area contributed by atoms with Gasteiger partial charge < -0.3 is 10.1 Å². The van der Waals surface area contributed by atoms with Gasteiger partial charge in [-0.3, -0.25) is 0 Å². The lowest BCUT2D eigenvalue weighted by Crippen LogP contribution is -2.34. The second-order valence-corrected chi connectivity index (χ2v) is 5.21. The third-order valence-corrected chi connectivity index (χ3v) is 3.22. The van der Waals surface area contributed by atoms with E-state index in [1.165, 1.54) is 5.56 Å². The van der Waals surface area contributed by atoms with Crippen LogP contribution in [0.15, 0.2) is 24.3 Å². The number of nitrogens with one attached hydrogen (secondary N) is 1. The molecule has 2 nitrogen and oxygen atoms in total. The lowest BCUT2D eigenvalue weighted by atomic mass is 10.0. The highest BCUT2D eigenvalue weighted by Crippen LogP contribution is 2.26. The summed E-state index contributed by atoms with van der Waals surface area (Å²) in [5.41, 5.74) is 1.31. The minimum Gasteiger partial charge on any atom is -0.486 e. The van der Waals surface area contributed by atoms with Crippen molar-refractivity contribution in [2.45, 2.75) is 38.7 Å². The summed E-state index contributed by atoms with van der Waals surface area (Å²) >= 11 is 0. The average molecular weight is 219 g/mol. The monoisotopic (exact) mass is 219 g/mol. The molecule has 1 saturated heterocycles. The average Bonchev–Trinajstić information content (AvgIpc) is 2.65. The smallest absolute Gasteiger partial charge is 0.120 e. The summed E-state index contributed by atoms with van der Waals surface area (Å²) in [5.74, 6) is 1.55. The molecule has 2 heteroatoms. The first kappa shape index (κ1) is 11.5. The molecule has 1 aliphatic heterocycles. The maximum Gasteiger partial charge on any atom is 0.120 e. The lowest BCUT2D eigenvalue weighted by molar-refractivity contribution is 0.111. The Morgan fingerprint density at radius 1 is 1.38 bits per heavy atom. The summed E-state index contributed by atoms with van der Waals surface area (Å²) in [5, 5.41) is 3.35. The maximum atomic E-state index is 6.09. The fourth-order valence-electron chi connectivity index (χ4n) is 2.10. The Morgan fingerprint density at radius 2 is 2.19 bits per heavy atom. The van der Waals surface area contributed by atoms with Gasteiger partial charge in [-0.25, -0.2) is 0 Å². The van der Waals surface area contributed by atoms with Crippen molar-refractivity contribution in [2.75, 3.05) is 13.1 Å². The summed E-state index contributed by atoms with van der Waals surface area (Å²) < 4.78 is 6.09. The van der Waals surface area contributed by atoms with Gasteiger partial charge in [-0.2, -0.15) is 0 Å². The van der Waals surface area contributed by atoms with Gasteiger partial charge in [-0.05, 0) is 37.1 Å². The first-order chi connectivity index (χ1) is 7.59. The normalized spacial score (nSPS) is 25.0. The van der Waals surface area contributed by atoms with E-state index in [0.29, 0.717) is 5.92 Å². The van der Waals surface area contributed by atoms with Crippen LogP contribution in [-0.4, -0.2) is 18.7 Å². The fourth-order valence-corrected chi connectivity index (χ4v) is 2.10. The number of hydrogen-bond donors (Lipinski definition) is 1. The largest absolute Gasteiger partial charge is 0.486 e. The van der Waals surface area contributed by atoms with Crippen LogP contribution in [0.2, 0.25) is 0 Å². The van der Waals surface area contributed by atoms with Crippen molar-refractivity contribution in [2.24, 2.45) is 0 Å². The van der Waals surface area contributed by atoms with Crippen LogP contribution in [0.5, 0.6) is 5.75 Å². The van der Waals surface area contributed by atoms with E-state index in [4.69, 9.17) is 4.74 Å². The second-order valence-electron chi connectivity index (χ2n) is 5.21. The van der Waals surface area contributed by atoms with Crippen LogP contribution in [0.1, 0.15) is 38.7 Å². The lowest BCUT2D eigenvalue weighted by Gasteiger charge is -2.25. The zero-order valence-corrected chi connectivity index (χ0v) is 10.4. The summed E-state index contributed by atoms with van der Waals surface area (Å²) in [6.45, 7) is 8.59. The Morgan fingerprint density at radius 3 is 2.81 bits per heavy atom. The van der Waals surface area contributed by atoms with E-state index in [1.54, 1.807) is 0 Å². The Balaban J connectivity index is 2.12. The summed E-state index contributed by atoms with van der Waals surface area (Å²) in [7, 11) is 0. The third kappa shape index (κ3) is 2.56. The molecule has 0 saturated carbocycles. The molecule has 1 N–H and O–H groups in total. The van der Waals surface area contributed by atoms with Crippen molar-refractivity contribution < 1.29 is 4.74 Å². The molecule has 0 bridgehead atoms. The highest BCUT2D eigenvalue weighted by atomic mass is 16.5. The number of hydrogen-bond acceptors (Lipinski definition) is 2. The summed E-state index contributed by atoms with van der Waals surface area (Å²) in [6.07, 6.45) is 1.08. The van der Waals surface area contributed by atoms with Crippen LogP contribution in [-0.2, 0) is 0 Å². The Labute approximate surface area is 98.0 Å². The Bertz CT molecular complexity index is 354. The molecule has 1 aromatic carbocycles. The van der Waals surface area contributed by atoms with Crippen LogP contribution in [0.3, 0.4) is 0 Å². The standard InChI is InChI=1S/C14H21NO/c1-11(2)12-5-4-6-13(9-12)16-14(3)7-8-15-10-14/h4-6,9,11,15H,7-8,10H2,1-3H3. The van der Waals surface area contributed by atoms with E-state index in [0.717, 1.165) is 25.3 Å². The molecule has 0 spiro atoms. The molecule has 0 aromatic heterocycles. The van der Waals surface area contributed by atoms with Crippen molar-refractivity contribution in [3.8, 4) is 5.75 Å². The molecular weight excluding hydrogens is 198 g/mol. The zero-order chi connectivity index (χ0) is 11.6. The first-order valence-electron chi connectivity index (χ1n) is 6.09. The first-order valence-corrected chi connectivity index (χ1v) is 6.09. The van der Waals surface area contributed by atoms with Gasteiger partial charge in [-0.1, -0.05) is 26.0 Å². The van der Waals surface area contributed by atoms with Crippen molar-refractivity contribution in [3.63, 3.8) is 0 Å². The van der Waals surface area contributed by atoms with Gasteiger partial charge in [0, 0.05) is 13.0 Å². The molecule has 0 aliphatic carbocycles. The van der Waals surface area contributed by atoms with Gasteiger partial charge in [0.05, 0.1) is 0 Å². The molecule has 1 fully saturated rings. The zero-order valence-electron chi connectivity index (χ0n) is 10.4. The topological polar surface area (TPSA) is 21.3 Å². The molecule has 16 heavy (non-hydrogen) atoms. The molecular formula is C14H21NO. The van der Waals surface area contributed by atoms with Crippen LogP contribution in [0, 0.1) is 0 Å². The van der Waals surface area contributed by atoms with Gasteiger partial charge in [0.15, 0.2) is 0 Å². The molecule has 0 amide bonds. The van der Waals surface area contributed by atoms with E-state index in [2.05, 4.69) is 50.4 Å². The highest BCUT2D eigenvalue weighted by molar-refractivity contribution is 5.31. The number of benzene rings is 1. The molecule has 88 valence electrons. The van der Waals surface area contributed by atoms with Gasteiger partial charge in [-0.15, -0.1) is 0 Å². The number of rotatable bonds is 3. The van der Waals surface area contributed by atoms with E-state index in [-0.39, 0.29) is 5.60 Å². The molecule has 1 aliphatic rings. The van der Waals surface area contributed by atoms with Crippen molar-refractivity contribution in [1.29, 1.82) is 0 Å². The third-order valence-electron chi connectivity index (χ3n) is 3.22. The predicted molar refractivity (Wildman–Crippen MR) is 67.1 cm³/mol. The summed E-state index contributed by atoms with van der Waals surface area (Å²) in [6, 6.07) is 8.45. The molecule has 0 radical (unpaired) electrons. The van der Waals surface area contributed by atoms with E-state index >= 15 is 0 Å². The Kier molecular flexibility index (Phi) is 3.20. The molecule has 1 heterocycles. The minimum atomic E-state index is -0.0321. The second kappa shape index (κ2) is 4.46. The van der Waals surface area contributed by atoms with E-state index in [1.807, 2.05) is 0 Å². The Hall–Kier alpha value is -1.02. The maximum absolute atomic E-state index is 6.09. The SMILES string of the molecule is CC(C)c1cccc(OC2(C)CCNC2)c1. The molecule has 1 aromatic rings. The van der Waals surface area contributed by atoms with Crippen LogP contribution in [0.4, 0.5) is 0 Å². The van der Waals surface area contributed by atoms with Crippen LogP contribution >= 0.6 is 0 Å². The summed E-state index contributed by atoms with van der Waals surface area (Å²) in [4.78, 5) is 0. The quantitative estimate of drug-likeness (QED) is 0.844. The molecule has 2 rings (SSSR count). The molecule has 1 unspecified atom stereocenters. The van der Waals surface area contributed by atoms with Gasteiger partial charge >= 0.3 is 0 Å². The van der Waals surface area contributed by atoms with Crippen molar-refractivity contribution in [1.82, 2.24) is 5.32 Å². The van der Waals surface area contributed by atoms with Gasteiger partial charge in [0.2, 0.25) is 0 Å². The van der Waals surface area contributed by atoms with Crippen LogP contribution < -0.4 is 10.1 Å². The highest BCUT2D eigenvalue weighted by Gasteiger charge is 2.30. The predicted octanol–water partition coefficient (Wildman–Crippen LogP) is 2.94. The van der Waals surface area contributed by atoms with Crippen LogP contribution in [0.25, 0.3) is 0 Å². The fraction of sp³-hybridized carbons (Fsp3) is 0.571. The van der Waals surface area contributed by atoms with Crippen molar-refractivity contribution in [3.05, 3.63) is 29.8 Å². The van der Waals surface area contributed by atoms with Gasteiger partial charge in [0.1, 0.15) is 11.4 Å². The number of ether oxygens (including phenoxy) is 1. The van der Waals surface area contributed by atoms with Gasteiger partial charge in [0.25, 0.3) is 0 Å². The minimum absolute atomic E-state index is 0.0321.